The van der Waals surface area contributed by atoms with Crippen LogP contribution in [0, 0.1) is 13.8 Å². The topological polar surface area (TPSA) is 41.6 Å². The molecular formula is C15H24N2O2. The zero-order chi connectivity index (χ0) is 14.4. The van der Waals surface area contributed by atoms with Crippen LogP contribution in [0.15, 0.2) is 18.2 Å². The molecule has 0 aliphatic rings. The first-order valence-electron chi connectivity index (χ1n) is 6.55. The molecule has 19 heavy (non-hydrogen) atoms. The Morgan fingerprint density at radius 2 is 2.05 bits per heavy atom. The maximum Gasteiger partial charge on any atom is 0.328 e. The quantitative estimate of drug-likeness (QED) is 0.800. The van der Waals surface area contributed by atoms with Gasteiger partial charge in [-0.1, -0.05) is 12.1 Å². The van der Waals surface area contributed by atoms with E-state index in [0.717, 1.165) is 17.8 Å². The lowest BCUT2D eigenvalue weighted by Gasteiger charge is -2.17. The predicted octanol–water partition coefficient (Wildman–Crippen LogP) is 2.21. The normalized spacial score (nSPS) is 12.3. The molecule has 106 valence electrons. The molecule has 1 N–H and O–H groups in total. The Labute approximate surface area is 115 Å². The molecule has 0 spiro atoms. The summed E-state index contributed by atoms with van der Waals surface area (Å²) in [6.07, 6.45) is 0. The summed E-state index contributed by atoms with van der Waals surface area (Å²) < 4.78 is 5.21. The number of nitrogens with one attached hydrogen (secondary N) is 1. The fourth-order valence-electron chi connectivity index (χ4n) is 1.64. The highest BCUT2D eigenvalue weighted by Crippen LogP contribution is 2.17. The van der Waals surface area contributed by atoms with Crippen LogP contribution in [0.5, 0.6) is 0 Å². The van der Waals surface area contributed by atoms with Crippen LogP contribution in [0.3, 0.4) is 0 Å². The van der Waals surface area contributed by atoms with Gasteiger partial charge in [0.1, 0.15) is 12.6 Å². The summed E-state index contributed by atoms with van der Waals surface area (Å²) in [6, 6.07) is 5.80. The number of nitrogens with zero attached hydrogens (tertiary/aromatic N) is 1. The van der Waals surface area contributed by atoms with Crippen LogP contribution in [-0.2, 0) is 9.53 Å². The van der Waals surface area contributed by atoms with Gasteiger partial charge >= 0.3 is 5.97 Å². The largest absolute Gasteiger partial charge is 0.463 e. The third-order valence-electron chi connectivity index (χ3n) is 2.90. The molecule has 1 aromatic carbocycles. The van der Waals surface area contributed by atoms with Crippen LogP contribution >= 0.6 is 0 Å². The number of likely N-dealkylation sites (N-methyl/N-ethyl adjacent to an activating group) is 1. The lowest BCUT2D eigenvalue weighted by Crippen LogP contribution is -2.30. The molecule has 1 atom stereocenters. The van der Waals surface area contributed by atoms with Gasteiger partial charge in [0, 0.05) is 12.2 Å². The maximum atomic E-state index is 11.8. The number of rotatable bonds is 6. The van der Waals surface area contributed by atoms with Crippen molar-refractivity contribution in [1.29, 1.82) is 0 Å². The third kappa shape index (κ3) is 5.30. The van der Waals surface area contributed by atoms with E-state index in [-0.39, 0.29) is 12.0 Å². The zero-order valence-corrected chi connectivity index (χ0v) is 12.5. The van der Waals surface area contributed by atoms with Crippen LogP contribution in [0.1, 0.15) is 18.1 Å². The van der Waals surface area contributed by atoms with Gasteiger partial charge in [0.2, 0.25) is 0 Å². The summed E-state index contributed by atoms with van der Waals surface area (Å²) in [6.45, 7) is 7.03. The van der Waals surface area contributed by atoms with Crippen molar-refractivity contribution in [3.8, 4) is 0 Å². The molecule has 0 heterocycles. The SMILES string of the molecule is Cc1ccc(C)c(N[C@@H](C)C(=O)OCCN(C)C)c1. The highest BCUT2D eigenvalue weighted by Gasteiger charge is 2.15. The predicted molar refractivity (Wildman–Crippen MR) is 78.5 cm³/mol. The van der Waals surface area contributed by atoms with Crippen LogP contribution in [0.4, 0.5) is 5.69 Å². The first-order chi connectivity index (χ1) is 8.90. The van der Waals surface area contributed by atoms with E-state index in [2.05, 4.69) is 11.4 Å². The standard InChI is InChI=1S/C15H24N2O2/c1-11-6-7-12(2)14(10-11)16-13(3)15(18)19-9-8-17(4)5/h6-7,10,13,16H,8-9H2,1-5H3/t13-/m0/s1. The number of aryl methyl sites for hydroxylation is 2. The highest BCUT2D eigenvalue weighted by atomic mass is 16.5. The molecule has 0 amide bonds. The van der Waals surface area contributed by atoms with Gasteiger partial charge < -0.3 is 15.0 Å². The van der Waals surface area contributed by atoms with E-state index < -0.39 is 0 Å². The minimum atomic E-state index is -0.345. The fraction of sp³-hybridized carbons (Fsp3) is 0.533. The van der Waals surface area contributed by atoms with Gasteiger partial charge in [0.05, 0.1) is 0 Å². The number of hydrogen-bond acceptors (Lipinski definition) is 4. The first kappa shape index (κ1) is 15.5. The van der Waals surface area contributed by atoms with Gasteiger partial charge in [-0.15, -0.1) is 0 Å². The van der Waals surface area contributed by atoms with Crippen molar-refractivity contribution in [2.24, 2.45) is 0 Å². The van der Waals surface area contributed by atoms with Crippen LogP contribution < -0.4 is 5.32 Å². The third-order valence-corrected chi connectivity index (χ3v) is 2.90. The molecule has 1 rings (SSSR count). The Kier molecular flexibility index (Phi) is 5.83. The van der Waals surface area contributed by atoms with Crippen molar-refractivity contribution in [3.05, 3.63) is 29.3 Å². The number of carbonyl (C=O) groups excluding carboxylic acids is 1. The number of hydrogen-bond donors (Lipinski definition) is 1. The van der Waals surface area contributed by atoms with Gasteiger partial charge in [-0.05, 0) is 52.1 Å². The van der Waals surface area contributed by atoms with Crippen molar-refractivity contribution in [3.63, 3.8) is 0 Å². The Bertz CT molecular complexity index is 430. The second kappa shape index (κ2) is 7.14. The molecule has 0 saturated carbocycles. The van der Waals surface area contributed by atoms with Crippen LogP contribution in [0.25, 0.3) is 0 Å². The Balaban J connectivity index is 2.51. The van der Waals surface area contributed by atoms with Crippen molar-refractivity contribution >= 4 is 11.7 Å². The Morgan fingerprint density at radius 3 is 2.68 bits per heavy atom. The number of benzene rings is 1. The molecule has 4 heteroatoms. The van der Waals surface area contributed by atoms with E-state index in [1.54, 1.807) is 0 Å². The van der Waals surface area contributed by atoms with Crippen molar-refractivity contribution in [1.82, 2.24) is 4.90 Å². The van der Waals surface area contributed by atoms with Gasteiger partial charge in [-0.25, -0.2) is 4.79 Å². The maximum absolute atomic E-state index is 11.8. The summed E-state index contributed by atoms with van der Waals surface area (Å²) in [7, 11) is 3.90. The highest BCUT2D eigenvalue weighted by molar-refractivity contribution is 5.79. The molecule has 0 aliphatic carbocycles. The van der Waals surface area contributed by atoms with E-state index in [1.807, 2.05) is 51.9 Å². The van der Waals surface area contributed by atoms with Gasteiger partial charge in [-0.2, -0.15) is 0 Å². The Morgan fingerprint density at radius 1 is 1.37 bits per heavy atom. The lowest BCUT2D eigenvalue weighted by molar-refractivity contribution is -0.144. The number of ether oxygens (including phenoxy) is 1. The van der Waals surface area contributed by atoms with Crippen molar-refractivity contribution < 1.29 is 9.53 Å². The summed E-state index contributed by atoms with van der Waals surface area (Å²) >= 11 is 0. The molecule has 0 fully saturated rings. The monoisotopic (exact) mass is 264 g/mol. The van der Waals surface area contributed by atoms with E-state index in [9.17, 15) is 4.79 Å². The number of esters is 1. The summed E-state index contributed by atoms with van der Waals surface area (Å²) in [4.78, 5) is 13.8. The minimum absolute atomic E-state index is 0.220. The average molecular weight is 264 g/mol. The van der Waals surface area contributed by atoms with E-state index in [0.29, 0.717) is 6.61 Å². The summed E-state index contributed by atoms with van der Waals surface area (Å²) in [5.74, 6) is -0.220. The molecular weight excluding hydrogens is 240 g/mol. The first-order valence-corrected chi connectivity index (χ1v) is 6.55. The molecule has 4 nitrogen and oxygen atoms in total. The Hall–Kier alpha value is -1.55. The zero-order valence-electron chi connectivity index (χ0n) is 12.5. The van der Waals surface area contributed by atoms with Crippen molar-refractivity contribution in [2.75, 3.05) is 32.6 Å². The molecule has 1 aromatic rings. The lowest BCUT2D eigenvalue weighted by atomic mass is 10.1. The van der Waals surface area contributed by atoms with E-state index in [4.69, 9.17) is 4.74 Å². The summed E-state index contributed by atoms with van der Waals surface area (Å²) in [5.41, 5.74) is 3.27. The molecule has 0 unspecified atom stereocenters. The molecule has 0 bridgehead atoms. The average Bonchev–Trinajstić information content (AvgIpc) is 2.33. The summed E-state index contributed by atoms with van der Waals surface area (Å²) in [5, 5.41) is 3.20. The van der Waals surface area contributed by atoms with Crippen LogP contribution in [-0.4, -0.2) is 44.2 Å². The molecule has 0 saturated heterocycles. The molecule has 0 radical (unpaired) electrons. The van der Waals surface area contributed by atoms with Gasteiger partial charge in [0.25, 0.3) is 0 Å². The number of anilines is 1. The van der Waals surface area contributed by atoms with Crippen molar-refractivity contribution in [2.45, 2.75) is 26.8 Å². The van der Waals surface area contributed by atoms with Gasteiger partial charge in [-0.3, -0.25) is 0 Å². The second-order valence-electron chi connectivity index (χ2n) is 5.16. The molecule has 0 aliphatic heterocycles. The number of carbonyl (C=O) groups is 1. The van der Waals surface area contributed by atoms with E-state index >= 15 is 0 Å². The van der Waals surface area contributed by atoms with Crippen LogP contribution in [0.2, 0.25) is 0 Å². The second-order valence-corrected chi connectivity index (χ2v) is 5.16. The fourth-order valence-corrected chi connectivity index (χ4v) is 1.64. The minimum Gasteiger partial charge on any atom is -0.463 e. The van der Waals surface area contributed by atoms with Gasteiger partial charge in [0.15, 0.2) is 0 Å². The van der Waals surface area contributed by atoms with E-state index in [1.165, 1.54) is 5.56 Å². The smallest absolute Gasteiger partial charge is 0.328 e. The molecule has 0 aromatic heterocycles.